The summed E-state index contributed by atoms with van der Waals surface area (Å²) in [5.74, 6) is 3.64. The molecule has 2 nitrogen and oxygen atoms in total. The lowest BCUT2D eigenvalue weighted by Gasteiger charge is -2.33. The molecular formula is C28H52O2. The highest BCUT2D eigenvalue weighted by molar-refractivity contribution is 4.77. The maximum absolute atomic E-state index is 6.39. The van der Waals surface area contributed by atoms with Gasteiger partial charge in [-0.15, -0.1) is 0 Å². The minimum Gasteiger partial charge on any atom is -0.378 e. The van der Waals surface area contributed by atoms with E-state index in [-0.39, 0.29) is 0 Å². The molecule has 0 aliphatic heterocycles. The third-order valence-electron chi connectivity index (χ3n) is 8.60. The Bertz CT molecular complexity index is 412. The molecular weight excluding hydrogens is 368 g/mol. The molecule has 176 valence electrons. The molecule has 0 heterocycles. The van der Waals surface area contributed by atoms with E-state index in [9.17, 15) is 0 Å². The average molecular weight is 421 g/mol. The first-order chi connectivity index (χ1) is 14.8. The normalized spacial score (nSPS) is 35.4. The fourth-order valence-corrected chi connectivity index (χ4v) is 6.37. The Hall–Kier alpha value is -0.0800. The van der Waals surface area contributed by atoms with E-state index in [0.29, 0.717) is 12.2 Å². The summed E-state index contributed by atoms with van der Waals surface area (Å²) in [5.41, 5.74) is 0. The summed E-state index contributed by atoms with van der Waals surface area (Å²) in [7, 11) is 0. The SMILES string of the molecule is CCCCC[C@H]1CC[C@H](COC2CCC(CO[C@H]3CC[C@H](CCC)CC3)CC2)CC1. The lowest BCUT2D eigenvalue weighted by atomic mass is 9.80. The molecule has 3 rings (SSSR count). The summed E-state index contributed by atoms with van der Waals surface area (Å²) in [5, 5.41) is 0. The van der Waals surface area contributed by atoms with E-state index in [2.05, 4.69) is 13.8 Å². The van der Waals surface area contributed by atoms with Crippen molar-refractivity contribution < 1.29 is 9.47 Å². The Balaban J connectivity index is 1.19. The van der Waals surface area contributed by atoms with E-state index in [4.69, 9.17) is 9.47 Å². The monoisotopic (exact) mass is 420 g/mol. The van der Waals surface area contributed by atoms with Crippen LogP contribution in [0.4, 0.5) is 0 Å². The van der Waals surface area contributed by atoms with Gasteiger partial charge in [0.2, 0.25) is 0 Å². The molecule has 0 bridgehead atoms. The first-order valence-corrected chi connectivity index (χ1v) is 14.0. The summed E-state index contributed by atoms with van der Waals surface area (Å²) >= 11 is 0. The maximum Gasteiger partial charge on any atom is 0.0575 e. The molecule has 0 amide bonds. The zero-order chi connectivity index (χ0) is 21.0. The van der Waals surface area contributed by atoms with Crippen LogP contribution in [0.3, 0.4) is 0 Å². The highest BCUT2D eigenvalue weighted by atomic mass is 16.5. The molecule has 0 saturated heterocycles. The summed E-state index contributed by atoms with van der Waals surface area (Å²) in [6.45, 7) is 6.68. The average Bonchev–Trinajstić information content (AvgIpc) is 2.79. The number of unbranched alkanes of at least 4 members (excludes halogenated alkanes) is 2. The summed E-state index contributed by atoms with van der Waals surface area (Å²) in [6.07, 6.45) is 25.9. The fraction of sp³-hybridized carbons (Fsp3) is 1.00. The van der Waals surface area contributed by atoms with Crippen LogP contribution < -0.4 is 0 Å². The molecule has 0 aromatic rings. The van der Waals surface area contributed by atoms with Gasteiger partial charge in [-0.25, -0.2) is 0 Å². The smallest absolute Gasteiger partial charge is 0.0575 e. The summed E-state index contributed by atoms with van der Waals surface area (Å²) < 4.78 is 12.7. The van der Waals surface area contributed by atoms with Crippen LogP contribution in [0, 0.1) is 23.7 Å². The van der Waals surface area contributed by atoms with E-state index in [0.717, 1.165) is 36.9 Å². The van der Waals surface area contributed by atoms with E-state index < -0.39 is 0 Å². The first-order valence-electron chi connectivity index (χ1n) is 14.0. The quantitative estimate of drug-likeness (QED) is 0.295. The van der Waals surface area contributed by atoms with E-state index in [1.54, 1.807) is 0 Å². The second-order valence-corrected chi connectivity index (χ2v) is 11.1. The van der Waals surface area contributed by atoms with Crippen molar-refractivity contribution in [3.8, 4) is 0 Å². The van der Waals surface area contributed by atoms with Crippen molar-refractivity contribution in [1.82, 2.24) is 0 Å². The Kier molecular flexibility index (Phi) is 11.6. The van der Waals surface area contributed by atoms with Gasteiger partial charge in [0.1, 0.15) is 0 Å². The van der Waals surface area contributed by atoms with Crippen molar-refractivity contribution in [3.05, 3.63) is 0 Å². The number of hydrogen-bond donors (Lipinski definition) is 0. The van der Waals surface area contributed by atoms with Crippen molar-refractivity contribution in [2.24, 2.45) is 23.7 Å². The van der Waals surface area contributed by atoms with Gasteiger partial charge in [-0.05, 0) is 87.9 Å². The predicted molar refractivity (Wildman–Crippen MR) is 128 cm³/mol. The molecule has 0 atom stereocenters. The molecule has 0 radical (unpaired) electrons. The van der Waals surface area contributed by atoms with Crippen molar-refractivity contribution in [3.63, 3.8) is 0 Å². The zero-order valence-electron chi connectivity index (χ0n) is 20.4. The van der Waals surface area contributed by atoms with Gasteiger partial charge in [0.25, 0.3) is 0 Å². The van der Waals surface area contributed by atoms with E-state index >= 15 is 0 Å². The van der Waals surface area contributed by atoms with Crippen LogP contribution in [-0.4, -0.2) is 25.4 Å². The van der Waals surface area contributed by atoms with Gasteiger partial charge in [-0.3, -0.25) is 0 Å². The van der Waals surface area contributed by atoms with Gasteiger partial charge < -0.3 is 9.47 Å². The first kappa shape index (κ1) is 24.6. The largest absolute Gasteiger partial charge is 0.378 e. The predicted octanol–water partition coefficient (Wildman–Crippen LogP) is 8.32. The second-order valence-electron chi connectivity index (χ2n) is 11.1. The number of ether oxygens (including phenoxy) is 2. The Morgan fingerprint density at radius 3 is 1.40 bits per heavy atom. The van der Waals surface area contributed by atoms with Crippen LogP contribution in [-0.2, 0) is 9.47 Å². The maximum atomic E-state index is 6.39. The van der Waals surface area contributed by atoms with Crippen LogP contribution in [0.5, 0.6) is 0 Å². The molecule has 0 spiro atoms. The second kappa shape index (κ2) is 14.1. The van der Waals surface area contributed by atoms with Crippen molar-refractivity contribution in [2.75, 3.05) is 13.2 Å². The molecule has 30 heavy (non-hydrogen) atoms. The molecule has 0 N–H and O–H groups in total. The third kappa shape index (κ3) is 8.81. The Morgan fingerprint density at radius 2 is 0.900 bits per heavy atom. The van der Waals surface area contributed by atoms with Gasteiger partial charge in [0.15, 0.2) is 0 Å². The highest BCUT2D eigenvalue weighted by Crippen LogP contribution is 2.34. The van der Waals surface area contributed by atoms with Crippen LogP contribution in [0.2, 0.25) is 0 Å². The van der Waals surface area contributed by atoms with Gasteiger partial charge in [0, 0.05) is 13.2 Å². The molecule has 3 fully saturated rings. The number of hydrogen-bond acceptors (Lipinski definition) is 2. The summed E-state index contributed by atoms with van der Waals surface area (Å²) in [4.78, 5) is 0. The molecule has 3 aliphatic carbocycles. The molecule has 0 aromatic carbocycles. The van der Waals surface area contributed by atoms with Crippen LogP contribution in [0.15, 0.2) is 0 Å². The van der Waals surface area contributed by atoms with Crippen LogP contribution in [0.1, 0.15) is 129 Å². The minimum atomic E-state index is 0.535. The van der Waals surface area contributed by atoms with E-state index in [1.165, 1.54) is 116 Å². The lowest BCUT2D eigenvalue weighted by molar-refractivity contribution is -0.0373. The molecule has 0 aromatic heterocycles. The Morgan fingerprint density at radius 1 is 0.467 bits per heavy atom. The number of rotatable bonds is 12. The topological polar surface area (TPSA) is 18.5 Å². The van der Waals surface area contributed by atoms with Gasteiger partial charge in [-0.1, -0.05) is 65.2 Å². The van der Waals surface area contributed by atoms with Crippen molar-refractivity contribution in [1.29, 1.82) is 0 Å². The fourth-order valence-electron chi connectivity index (χ4n) is 6.37. The zero-order valence-corrected chi connectivity index (χ0v) is 20.4. The van der Waals surface area contributed by atoms with Crippen molar-refractivity contribution >= 4 is 0 Å². The molecule has 0 unspecified atom stereocenters. The Labute approximate surface area is 188 Å². The minimum absolute atomic E-state index is 0.535. The van der Waals surface area contributed by atoms with Crippen LogP contribution >= 0.6 is 0 Å². The molecule has 3 saturated carbocycles. The molecule has 2 heteroatoms. The van der Waals surface area contributed by atoms with Crippen LogP contribution in [0.25, 0.3) is 0 Å². The van der Waals surface area contributed by atoms with Gasteiger partial charge in [-0.2, -0.15) is 0 Å². The summed E-state index contributed by atoms with van der Waals surface area (Å²) in [6, 6.07) is 0. The molecule has 3 aliphatic rings. The van der Waals surface area contributed by atoms with Crippen molar-refractivity contribution in [2.45, 2.75) is 142 Å². The van der Waals surface area contributed by atoms with Gasteiger partial charge in [0.05, 0.1) is 12.2 Å². The van der Waals surface area contributed by atoms with E-state index in [1.807, 2.05) is 0 Å². The standard InChI is InChI=1S/C28H52O2/c1-3-5-6-8-24-9-11-25(12-10-24)21-29-28-19-15-26(16-20-28)22-30-27-17-13-23(7-4-2)14-18-27/h23-28H,3-22H2,1-2H3/t23-,24-,25-,26?,27-,28?. The highest BCUT2D eigenvalue weighted by Gasteiger charge is 2.27. The van der Waals surface area contributed by atoms with Gasteiger partial charge >= 0.3 is 0 Å². The third-order valence-corrected chi connectivity index (χ3v) is 8.60. The lowest BCUT2D eigenvalue weighted by Crippen LogP contribution is -2.29.